The van der Waals surface area contributed by atoms with Gasteiger partial charge in [-0.05, 0) is 17.7 Å². The molecule has 0 saturated carbocycles. The van der Waals surface area contributed by atoms with Gasteiger partial charge in [0.15, 0.2) is 11.6 Å². The Morgan fingerprint density at radius 1 is 1.27 bits per heavy atom. The van der Waals surface area contributed by atoms with E-state index in [4.69, 9.17) is 9.84 Å². The molecule has 0 spiro atoms. The summed E-state index contributed by atoms with van der Waals surface area (Å²) >= 11 is 0. The van der Waals surface area contributed by atoms with Crippen LogP contribution in [0.2, 0.25) is 0 Å². The Balaban J connectivity index is 2.29. The molecule has 0 aliphatic heterocycles. The number of nitro benzene ring substituents is 1. The normalized spacial score (nSPS) is 10.3. The van der Waals surface area contributed by atoms with Crippen molar-refractivity contribution >= 4 is 11.4 Å². The first kappa shape index (κ1) is 15.5. The number of hydrogen-bond donors (Lipinski definition) is 2. The number of nitro groups is 1. The number of methoxy groups -OCH3 is 1. The van der Waals surface area contributed by atoms with E-state index in [-0.39, 0.29) is 18.0 Å². The molecule has 0 bridgehead atoms. The third-order valence-corrected chi connectivity index (χ3v) is 2.95. The molecule has 0 unspecified atom stereocenters. The van der Waals surface area contributed by atoms with Crippen molar-refractivity contribution < 1.29 is 23.5 Å². The van der Waals surface area contributed by atoms with E-state index in [1.165, 1.54) is 19.2 Å². The second-order valence-corrected chi connectivity index (χ2v) is 4.40. The SMILES string of the molecule is COc1cc(F)c([N+](=O)[O-])c(NCc2ccc(O)c(F)c2)c1. The van der Waals surface area contributed by atoms with Crippen molar-refractivity contribution in [3.63, 3.8) is 0 Å². The van der Waals surface area contributed by atoms with E-state index >= 15 is 0 Å². The number of halogens is 2. The first-order valence-electron chi connectivity index (χ1n) is 6.15. The third-order valence-electron chi connectivity index (χ3n) is 2.95. The molecule has 22 heavy (non-hydrogen) atoms. The zero-order valence-corrected chi connectivity index (χ0v) is 11.5. The third kappa shape index (κ3) is 3.22. The summed E-state index contributed by atoms with van der Waals surface area (Å²) in [4.78, 5) is 10.1. The van der Waals surface area contributed by atoms with Crippen molar-refractivity contribution in [1.29, 1.82) is 0 Å². The lowest BCUT2D eigenvalue weighted by Gasteiger charge is -2.10. The highest BCUT2D eigenvalue weighted by Gasteiger charge is 2.22. The average molecular weight is 310 g/mol. The lowest BCUT2D eigenvalue weighted by atomic mass is 10.2. The van der Waals surface area contributed by atoms with Crippen LogP contribution in [-0.2, 0) is 6.54 Å². The van der Waals surface area contributed by atoms with Crippen LogP contribution in [0.3, 0.4) is 0 Å². The molecule has 0 saturated heterocycles. The molecule has 0 radical (unpaired) electrons. The maximum Gasteiger partial charge on any atom is 0.327 e. The van der Waals surface area contributed by atoms with Crippen LogP contribution in [0.15, 0.2) is 30.3 Å². The summed E-state index contributed by atoms with van der Waals surface area (Å²) in [5.74, 6) is -2.24. The number of anilines is 1. The van der Waals surface area contributed by atoms with Crippen LogP contribution in [0.1, 0.15) is 5.56 Å². The molecule has 0 heterocycles. The van der Waals surface area contributed by atoms with Crippen molar-refractivity contribution in [2.75, 3.05) is 12.4 Å². The lowest BCUT2D eigenvalue weighted by Crippen LogP contribution is -2.05. The van der Waals surface area contributed by atoms with Gasteiger partial charge in [0.05, 0.1) is 12.0 Å². The zero-order chi connectivity index (χ0) is 16.3. The summed E-state index contributed by atoms with van der Waals surface area (Å²) in [7, 11) is 1.31. The molecule has 0 amide bonds. The predicted molar refractivity (Wildman–Crippen MR) is 75.0 cm³/mol. The number of ether oxygens (including phenoxy) is 1. The number of nitrogens with zero attached hydrogens (tertiary/aromatic N) is 1. The van der Waals surface area contributed by atoms with Crippen molar-refractivity contribution in [3.8, 4) is 11.5 Å². The van der Waals surface area contributed by atoms with Gasteiger partial charge in [0, 0.05) is 18.7 Å². The summed E-state index contributed by atoms with van der Waals surface area (Å²) in [6.45, 7) is 0.00461. The van der Waals surface area contributed by atoms with Gasteiger partial charge in [-0.15, -0.1) is 0 Å². The van der Waals surface area contributed by atoms with Crippen LogP contribution in [0.25, 0.3) is 0 Å². The number of phenols is 1. The van der Waals surface area contributed by atoms with E-state index in [0.29, 0.717) is 5.56 Å². The molecule has 0 aliphatic rings. The second-order valence-electron chi connectivity index (χ2n) is 4.40. The minimum Gasteiger partial charge on any atom is -0.505 e. The van der Waals surface area contributed by atoms with Crippen molar-refractivity contribution in [1.82, 2.24) is 0 Å². The van der Waals surface area contributed by atoms with Crippen LogP contribution >= 0.6 is 0 Å². The van der Waals surface area contributed by atoms with E-state index in [0.717, 1.165) is 18.2 Å². The van der Waals surface area contributed by atoms with Crippen LogP contribution < -0.4 is 10.1 Å². The highest BCUT2D eigenvalue weighted by Crippen LogP contribution is 2.32. The number of nitrogens with one attached hydrogen (secondary N) is 1. The molecule has 0 aromatic heterocycles. The van der Waals surface area contributed by atoms with Crippen molar-refractivity contribution in [2.24, 2.45) is 0 Å². The number of benzene rings is 2. The van der Waals surface area contributed by atoms with E-state index in [9.17, 15) is 18.9 Å². The standard InChI is InChI=1S/C14H12F2N2O4/c1-22-9-5-11(16)14(18(20)21)12(6-9)17-7-8-2-3-13(19)10(15)4-8/h2-6,17,19H,7H2,1H3. The fourth-order valence-corrected chi connectivity index (χ4v) is 1.87. The molecular weight excluding hydrogens is 298 g/mol. The smallest absolute Gasteiger partial charge is 0.327 e. The number of phenolic OH excluding ortho intramolecular Hbond substituents is 1. The number of aromatic hydroxyl groups is 1. The minimum absolute atomic E-state index is 0.00461. The second kappa shape index (κ2) is 6.25. The molecule has 0 aliphatic carbocycles. The van der Waals surface area contributed by atoms with Gasteiger partial charge in [-0.2, -0.15) is 4.39 Å². The summed E-state index contributed by atoms with van der Waals surface area (Å²) in [5.41, 5.74) is -0.386. The quantitative estimate of drug-likeness (QED) is 0.654. The van der Waals surface area contributed by atoms with Crippen LogP contribution in [0, 0.1) is 21.7 Å². The minimum atomic E-state index is -1.04. The predicted octanol–water partition coefficient (Wildman–Crippen LogP) is 3.20. The van der Waals surface area contributed by atoms with Gasteiger partial charge < -0.3 is 15.2 Å². The fourth-order valence-electron chi connectivity index (χ4n) is 1.87. The maximum absolute atomic E-state index is 13.7. The molecule has 2 aromatic rings. The highest BCUT2D eigenvalue weighted by atomic mass is 19.1. The van der Waals surface area contributed by atoms with Gasteiger partial charge in [-0.3, -0.25) is 10.1 Å². The molecule has 0 atom stereocenters. The van der Waals surface area contributed by atoms with Crippen LogP contribution in [0.4, 0.5) is 20.2 Å². The Bertz CT molecular complexity index is 722. The number of hydrogen-bond acceptors (Lipinski definition) is 5. The fraction of sp³-hybridized carbons (Fsp3) is 0.143. The summed E-state index contributed by atoms with van der Waals surface area (Å²) in [6, 6.07) is 5.85. The lowest BCUT2D eigenvalue weighted by molar-refractivity contribution is -0.386. The maximum atomic E-state index is 13.7. The largest absolute Gasteiger partial charge is 0.505 e. The van der Waals surface area contributed by atoms with Crippen molar-refractivity contribution in [3.05, 3.63) is 57.6 Å². The van der Waals surface area contributed by atoms with Gasteiger partial charge in [0.2, 0.25) is 5.82 Å². The summed E-state index contributed by atoms with van der Waals surface area (Å²) in [6.07, 6.45) is 0. The van der Waals surface area contributed by atoms with E-state index in [1.807, 2.05) is 0 Å². The number of rotatable bonds is 5. The first-order chi connectivity index (χ1) is 10.4. The van der Waals surface area contributed by atoms with Gasteiger partial charge in [-0.25, -0.2) is 4.39 Å². The topological polar surface area (TPSA) is 84.6 Å². The Morgan fingerprint density at radius 3 is 2.59 bits per heavy atom. The molecule has 2 aromatic carbocycles. The molecule has 6 nitrogen and oxygen atoms in total. The molecule has 8 heteroatoms. The summed E-state index contributed by atoms with van der Waals surface area (Å²) < 4.78 is 31.8. The van der Waals surface area contributed by atoms with Gasteiger partial charge in [-0.1, -0.05) is 6.07 Å². The summed E-state index contributed by atoms with van der Waals surface area (Å²) in [5, 5.41) is 22.7. The average Bonchev–Trinajstić information content (AvgIpc) is 2.47. The molecule has 0 fully saturated rings. The van der Waals surface area contributed by atoms with Crippen LogP contribution in [-0.4, -0.2) is 17.1 Å². The van der Waals surface area contributed by atoms with E-state index < -0.39 is 28.0 Å². The first-order valence-corrected chi connectivity index (χ1v) is 6.15. The molecule has 116 valence electrons. The van der Waals surface area contributed by atoms with E-state index in [1.54, 1.807) is 0 Å². The van der Waals surface area contributed by atoms with Gasteiger partial charge >= 0.3 is 5.69 Å². The highest BCUT2D eigenvalue weighted by molar-refractivity contribution is 5.65. The van der Waals surface area contributed by atoms with Gasteiger partial charge in [0.25, 0.3) is 0 Å². The van der Waals surface area contributed by atoms with E-state index in [2.05, 4.69) is 5.32 Å². The Morgan fingerprint density at radius 2 is 2.00 bits per heavy atom. The Labute approximate surface area is 124 Å². The zero-order valence-electron chi connectivity index (χ0n) is 11.5. The molecule has 2 rings (SSSR count). The van der Waals surface area contributed by atoms with Gasteiger partial charge in [0.1, 0.15) is 11.4 Å². The Kier molecular flexibility index (Phi) is 4.40. The van der Waals surface area contributed by atoms with Crippen molar-refractivity contribution in [2.45, 2.75) is 6.54 Å². The monoisotopic (exact) mass is 310 g/mol. The molecular formula is C14H12F2N2O4. The van der Waals surface area contributed by atoms with Crippen LogP contribution in [0.5, 0.6) is 11.5 Å². The molecule has 2 N–H and O–H groups in total. The Hall–Kier alpha value is -2.90.